The molecule has 0 bridgehead atoms. The molecule has 0 fully saturated rings. The molecule has 76 valence electrons. The predicted molar refractivity (Wildman–Crippen MR) is 47.4 cm³/mol. The van der Waals surface area contributed by atoms with Crippen LogP contribution in [-0.4, -0.2) is 23.8 Å². The summed E-state index contributed by atoms with van der Waals surface area (Å²) in [5.74, 6) is -2.75. The van der Waals surface area contributed by atoms with Crippen molar-refractivity contribution in [1.29, 1.82) is 0 Å². The first kappa shape index (κ1) is 10.9. The molecular weight excluding hydrogens is 193 g/mol. The fourth-order valence-electron chi connectivity index (χ4n) is 1.04. The Morgan fingerprint density at radius 1 is 1.36 bits per heavy atom. The van der Waals surface area contributed by atoms with Crippen molar-refractivity contribution in [3.8, 4) is 5.75 Å². The monoisotopic (exact) mass is 202 g/mol. The van der Waals surface area contributed by atoms with Crippen molar-refractivity contribution in [1.82, 2.24) is 0 Å². The van der Waals surface area contributed by atoms with Gasteiger partial charge in [-0.05, 0) is 13.0 Å². The normalized spacial score (nSPS) is 10.1. The molecule has 0 aliphatic heterocycles. The van der Waals surface area contributed by atoms with Crippen LogP contribution in [-0.2, 0) is 0 Å². The third-order valence-electron chi connectivity index (χ3n) is 1.65. The van der Waals surface area contributed by atoms with Gasteiger partial charge in [0.15, 0.2) is 17.4 Å². The minimum absolute atomic E-state index is 0.111. The van der Waals surface area contributed by atoms with Crippen molar-refractivity contribution in [3.05, 3.63) is 23.8 Å². The highest BCUT2D eigenvalue weighted by Crippen LogP contribution is 2.17. The van der Waals surface area contributed by atoms with Crippen LogP contribution in [0.5, 0.6) is 5.75 Å². The number of benzene rings is 1. The molecule has 0 spiro atoms. The number of rotatable bonds is 3. The average molecular weight is 202 g/mol. The van der Waals surface area contributed by atoms with E-state index in [2.05, 4.69) is 0 Å². The Morgan fingerprint density at radius 3 is 2.50 bits per heavy atom. The van der Waals surface area contributed by atoms with Gasteiger partial charge < -0.3 is 14.8 Å². The first-order valence-electron chi connectivity index (χ1n) is 4.04. The van der Waals surface area contributed by atoms with E-state index < -0.39 is 24.5 Å². The largest absolute Gasteiger partial charge is 0.492 e. The Morgan fingerprint density at radius 2 is 2.00 bits per heavy atom. The van der Waals surface area contributed by atoms with Crippen LogP contribution >= 0.6 is 0 Å². The Labute approximate surface area is 80.1 Å². The molecule has 1 rings (SSSR count). The predicted octanol–water partition coefficient (Wildman–Crippen LogP) is 0.0433. The maximum absolute atomic E-state index is 13.1. The van der Waals surface area contributed by atoms with Gasteiger partial charge in [0, 0.05) is 5.46 Å². The van der Waals surface area contributed by atoms with E-state index in [4.69, 9.17) is 14.8 Å². The molecule has 2 N–H and O–H groups in total. The lowest BCUT2D eigenvalue weighted by molar-refractivity contribution is 0.314. The molecule has 0 amide bonds. The van der Waals surface area contributed by atoms with Crippen molar-refractivity contribution < 1.29 is 23.6 Å². The highest BCUT2D eigenvalue weighted by atomic mass is 19.2. The molecule has 0 aliphatic carbocycles. The first-order valence-corrected chi connectivity index (χ1v) is 4.04. The first-order chi connectivity index (χ1) is 6.57. The summed E-state index contributed by atoms with van der Waals surface area (Å²) in [5, 5.41) is 17.7. The van der Waals surface area contributed by atoms with Crippen LogP contribution in [0.3, 0.4) is 0 Å². The summed E-state index contributed by atoms with van der Waals surface area (Å²) in [7, 11) is -1.88. The topological polar surface area (TPSA) is 49.7 Å². The summed E-state index contributed by atoms with van der Waals surface area (Å²) in [6.45, 7) is 1.69. The summed E-state index contributed by atoms with van der Waals surface area (Å²) in [6, 6.07) is 1.88. The van der Waals surface area contributed by atoms with Crippen LogP contribution < -0.4 is 10.2 Å². The Kier molecular flexibility index (Phi) is 3.43. The zero-order valence-electron chi connectivity index (χ0n) is 7.50. The number of halogens is 2. The van der Waals surface area contributed by atoms with E-state index in [1.165, 1.54) is 0 Å². The summed E-state index contributed by atoms with van der Waals surface area (Å²) in [6.07, 6.45) is 0. The van der Waals surface area contributed by atoms with Crippen LogP contribution in [0.15, 0.2) is 12.1 Å². The Hall–Kier alpha value is -1.14. The van der Waals surface area contributed by atoms with Crippen LogP contribution in [0.25, 0.3) is 0 Å². The summed E-state index contributed by atoms with van der Waals surface area (Å²) >= 11 is 0. The third-order valence-corrected chi connectivity index (χ3v) is 1.65. The van der Waals surface area contributed by atoms with E-state index in [0.29, 0.717) is 0 Å². The number of hydrogen-bond acceptors (Lipinski definition) is 3. The lowest BCUT2D eigenvalue weighted by Gasteiger charge is -2.10. The summed E-state index contributed by atoms with van der Waals surface area (Å²) in [5.41, 5.74) is -0.189. The quantitative estimate of drug-likeness (QED) is 0.680. The second kappa shape index (κ2) is 4.39. The Bertz CT molecular complexity index is 331. The van der Waals surface area contributed by atoms with E-state index >= 15 is 0 Å². The van der Waals surface area contributed by atoms with Crippen LogP contribution in [0, 0.1) is 11.6 Å². The molecule has 1 aromatic carbocycles. The maximum Gasteiger partial charge on any atom is 0.492 e. The SMILES string of the molecule is CCOc1c(B(O)O)ccc(F)c1F. The maximum atomic E-state index is 13.1. The lowest BCUT2D eigenvalue weighted by atomic mass is 9.79. The molecule has 0 aromatic heterocycles. The zero-order chi connectivity index (χ0) is 10.7. The second-order valence-corrected chi connectivity index (χ2v) is 2.59. The standard InChI is InChI=1S/C8H9BF2O3/c1-2-14-8-5(9(12)13)3-4-6(10)7(8)11/h3-4,12-13H,2H2,1H3. The van der Waals surface area contributed by atoms with Crippen LogP contribution in [0.2, 0.25) is 0 Å². The van der Waals surface area contributed by atoms with Gasteiger partial charge in [-0.25, -0.2) is 4.39 Å². The van der Waals surface area contributed by atoms with Gasteiger partial charge in [0.05, 0.1) is 6.61 Å². The molecule has 1 aromatic rings. The average Bonchev–Trinajstić information content (AvgIpc) is 2.13. The molecule has 0 heterocycles. The van der Waals surface area contributed by atoms with E-state index in [1.54, 1.807) is 6.92 Å². The van der Waals surface area contributed by atoms with Crippen molar-refractivity contribution in [2.45, 2.75) is 6.92 Å². The minimum atomic E-state index is -1.88. The molecule has 0 unspecified atom stereocenters. The molecule has 3 nitrogen and oxygen atoms in total. The van der Waals surface area contributed by atoms with Gasteiger partial charge >= 0.3 is 7.12 Å². The molecular formula is C8H9BF2O3. The van der Waals surface area contributed by atoms with E-state index in [0.717, 1.165) is 12.1 Å². The molecule has 0 saturated carbocycles. The zero-order valence-corrected chi connectivity index (χ0v) is 7.50. The highest BCUT2D eigenvalue weighted by Gasteiger charge is 2.22. The fraction of sp³-hybridized carbons (Fsp3) is 0.250. The fourth-order valence-corrected chi connectivity index (χ4v) is 1.04. The van der Waals surface area contributed by atoms with Crippen molar-refractivity contribution in [2.24, 2.45) is 0 Å². The van der Waals surface area contributed by atoms with Gasteiger partial charge in [0.25, 0.3) is 0 Å². The highest BCUT2D eigenvalue weighted by molar-refractivity contribution is 6.59. The minimum Gasteiger partial charge on any atom is -0.491 e. The Balaban J connectivity index is 3.22. The van der Waals surface area contributed by atoms with Crippen molar-refractivity contribution in [2.75, 3.05) is 6.61 Å². The molecule has 0 aliphatic rings. The molecule has 6 heteroatoms. The van der Waals surface area contributed by atoms with Gasteiger partial charge in [0.2, 0.25) is 0 Å². The smallest absolute Gasteiger partial charge is 0.491 e. The summed E-state index contributed by atoms with van der Waals surface area (Å²) < 4.78 is 30.6. The van der Waals surface area contributed by atoms with Gasteiger partial charge in [-0.1, -0.05) is 6.07 Å². The van der Waals surface area contributed by atoms with Crippen molar-refractivity contribution >= 4 is 12.6 Å². The van der Waals surface area contributed by atoms with Gasteiger partial charge in [-0.15, -0.1) is 0 Å². The second-order valence-electron chi connectivity index (χ2n) is 2.59. The number of hydrogen-bond donors (Lipinski definition) is 2. The van der Waals surface area contributed by atoms with Crippen LogP contribution in [0.1, 0.15) is 6.92 Å². The van der Waals surface area contributed by atoms with E-state index in [9.17, 15) is 8.78 Å². The molecule has 14 heavy (non-hydrogen) atoms. The van der Waals surface area contributed by atoms with Crippen LogP contribution in [0.4, 0.5) is 8.78 Å². The van der Waals surface area contributed by atoms with Gasteiger partial charge in [-0.3, -0.25) is 0 Å². The summed E-state index contributed by atoms with van der Waals surface area (Å²) in [4.78, 5) is 0. The molecule has 0 radical (unpaired) electrons. The lowest BCUT2D eigenvalue weighted by Crippen LogP contribution is -2.32. The van der Waals surface area contributed by atoms with E-state index in [1.807, 2.05) is 0 Å². The van der Waals surface area contributed by atoms with Crippen molar-refractivity contribution in [3.63, 3.8) is 0 Å². The van der Waals surface area contributed by atoms with E-state index in [-0.39, 0.29) is 12.1 Å². The van der Waals surface area contributed by atoms with Gasteiger partial charge in [-0.2, -0.15) is 4.39 Å². The third kappa shape index (κ3) is 2.02. The van der Waals surface area contributed by atoms with Gasteiger partial charge in [0.1, 0.15) is 0 Å². The molecule has 0 saturated heterocycles. The molecule has 0 atom stereocenters. The number of ether oxygens (including phenoxy) is 1.